The average molecular weight is 313 g/mol. The van der Waals surface area contributed by atoms with Gasteiger partial charge in [-0.05, 0) is 32.7 Å². The van der Waals surface area contributed by atoms with Crippen molar-refractivity contribution in [1.29, 1.82) is 0 Å². The van der Waals surface area contributed by atoms with Crippen molar-refractivity contribution in [2.75, 3.05) is 31.6 Å². The van der Waals surface area contributed by atoms with E-state index in [0.29, 0.717) is 29.9 Å². The number of hydrogen-bond donors (Lipinski definition) is 2. The first kappa shape index (κ1) is 14.8. The number of carbonyl (C=O) groups is 1. The Morgan fingerprint density at radius 3 is 3.19 bits per heavy atom. The maximum Gasteiger partial charge on any atom is 0.235 e. The fraction of sp³-hybridized carbons (Fsp3) is 0.714. The highest BCUT2D eigenvalue weighted by Crippen LogP contribution is 2.39. The van der Waals surface area contributed by atoms with Gasteiger partial charge < -0.3 is 15.4 Å². The van der Waals surface area contributed by atoms with E-state index >= 15 is 0 Å². The van der Waals surface area contributed by atoms with Gasteiger partial charge in [-0.1, -0.05) is 11.6 Å². The highest BCUT2D eigenvalue weighted by Gasteiger charge is 2.51. The molecule has 0 spiro atoms. The summed E-state index contributed by atoms with van der Waals surface area (Å²) in [5.74, 6) is 0.700. The molecule has 3 heterocycles. The quantitative estimate of drug-likeness (QED) is 0.891. The molecule has 2 aliphatic heterocycles. The van der Waals surface area contributed by atoms with Gasteiger partial charge in [0.1, 0.15) is 5.02 Å². The van der Waals surface area contributed by atoms with Crippen molar-refractivity contribution in [2.45, 2.75) is 26.3 Å². The summed E-state index contributed by atoms with van der Waals surface area (Å²) in [6.07, 6.45) is 2.65. The van der Waals surface area contributed by atoms with Crippen LogP contribution in [0.5, 0.6) is 0 Å². The van der Waals surface area contributed by atoms with E-state index in [0.717, 1.165) is 19.6 Å². The van der Waals surface area contributed by atoms with Gasteiger partial charge in [0.2, 0.25) is 5.91 Å². The zero-order valence-electron chi connectivity index (χ0n) is 12.4. The van der Waals surface area contributed by atoms with Gasteiger partial charge in [-0.15, -0.1) is 0 Å². The Bertz CT molecular complexity index is 545. The zero-order valence-corrected chi connectivity index (χ0v) is 13.1. The third kappa shape index (κ3) is 2.56. The predicted octanol–water partition coefficient (Wildman–Crippen LogP) is 1.68. The number of ether oxygens (including phenoxy) is 1. The van der Waals surface area contributed by atoms with Crippen molar-refractivity contribution >= 4 is 23.3 Å². The minimum Gasteiger partial charge on any atom is -0.380 e. The molecule has 6 nitrogen and oxygen atoms in total. The molecule has 7 heteroatoms. The van der Waals surface area contributed by atoms with E-state index in [-0.39, 0.29) is 11.9 Å². The van der Waals surface area contributed by atoms with Gasteiger partial charge >= 0.3 is 0 Å². The monoisotopic (exact) mass is 312 g/mol. The Kier molecular flexibility index (Phi) is 3.94. The molecule has 0 bridgehead atoms. The smallest absolute Gasteiger partial charge is 0.235 e. The van der Waals surface area contributed by atoms with Gasteiger partial charge in [-0.3, -0.25) is 9.48 Å². The summed E-state index contributed by atoms with van der Waals surface area (Å²) < 4.78 is 7.31. The molecular formula is C14H21ClN4O2. The molecule has 1 aromatic heterocycles. The molecule has 0 radical (unpaired) electrons. The van der Waals surface area contributed by atoms with Crippen LogP contribution in [-0.4, -0.2) is 42.0 Å². The molecule has 2 aliphatic rings. The normalized spacial score (nSPS) is 28.7. The number of halogens is 1. The molecular weight excluding hydrogens is 292 g/mol. The molecule has 2 N–H and O–H groups in total. The topological polar surface area (TPSA) is 68.2 Å². The number of fused-ring (bicyclic) bond motifs is 1. The van der Waals surface area contributed by atoms with Crippen LogP contribution in [-0.2, 0) is 9.53 Å². The number of nitrogens with zero attached hydrogens (tertiary/aromatic N) is 2. The first-order chi connectivity index (χ1) is 10.0. The van der Waals surface area contributed by atoms with Crippen LogP contribution in [0.2, 0.25) is 5.02 Å². The summed E-state index contributed by atoms with van der Waals surface area (Å²) in [5.41, 5.74) is -0.497. The van der Waals surface area contributed by atoms with Crippen molar-refractivity contribution in [1.82, 2.24) is 15.1 Å². The first-order valence-corrected chi connectivity index (χ1v) is 7.75. The molecule has 0 aromatic carbocycles. The standard InChI is InChI=1S/C14H21ClN4O2/c1-9(2)19-6-11(15)12(18-19)17-13(20)14-7-16-5-10(14)3-4-21-8-14/h6,9-10,16H,3-5,7-8H2,1-2H3,(H,17,18,20)/t10-,14+/m1/s1. The fourth-order valence-electron chi connectivity index (χ4n) is 3.12. The Balaban J connectivity index is 1.79. The van der Waals surface area contributed by atoms with Gasteiger partial charge in [0.15, 0.2) is 5.82 Å². The number of hydrogen-bond acceptors (Lipinski definition) is 4. The summed E-state index contributed by atoms with van der Waals surface area (Å²) in [5, 5.41) is 11.0. The molecule has 2 atom stereocenters. The number of carbonyl (C=O) groups excluding carboxylic acids is 1. The SMILES string of the molecule is CC(C)n1cc(Cl)c(NC(=O)[C@]23CNC[C@H]2CCOC3)n1. The van der Waals surface area contributed by atoms with Crippen LogP contribution >= 0.6 is 11.6 Å². The third-order valence-electron chi connectivity index (χ3n) is 4.48. The fourth-order valence-corrected chi connectivity index (χ4v) is 3.30. The van der Waals surface area contributed by atoms with E-state index in [4.69, 9.17) is 16.3 Å². The minimum atomic E-state index is -0.497. The van der Waals surface area contributed by atoms with E-state index < -0.39 is 5.41 Å². The van der Waals surface area contributed by atoms with Crippen LogP contribution in [0.15, 0.2) is 6.20 Å². The summed E-state index contributed by atoms with van der Waals surface area (Å²) in [7, 11) is 0. The van der Waals surface area contributed by atoms with E-state index in [1.165, 1.54) is 0 Å². The molecule has 1 amide bonds. The van der Waals surface area contributed by atoms with E-state index in [2.05, 4.69) is 15.7 Å². The van der Waals surface area contributed by atoms with Crippen LogP contribution in [0.25, 0.3) is 0 Å². The molecule has 2 saturated heterocycles. The highest BCUT2D eigenvalue weighted by molar-refractivity contribution is 6.33. The molecule has 116 valence electrons. The zero-order chi connectivity index (χ0) is 15.0. The number of anilines is 1. The predicted molar refractivity (Wildman–Crippen MR) is 80.5 cm³/mol. The lowest BCUT2D eigenvalue weighted by atomic mass is 9.75. The van der Waals surface area contributed by atoms with E-state index in [9.17, 15) is 4.79 Å². The lowest BCUT2D eigenvalue weighted by Crippen LogP contribution is -2.49. The largest absolute Gasteiger partial charge is 0.380 e. The Labute approximate surface area is 129 Å². The molecule has 0 unspecified atom stereocenters. The summed E-state index contributed by atoms with van der Waals surface area (Å²) in [4.78, 5) is 12.8. The van der Waals surface area contributed by atoms with E-state index in [1.807, 2.05) is 13.8 Å². The second-order valence-corrected chi connectivity index (χ2v) is 6.59. The summed E-state index contributed by atoms with van der Waals surface area (Å²) in [6, 6.07) is 0.199. The van der Waals surface area contributed by atoms with E-state index in [1.54, 1.807) is 10.9 Å². The highest BCUT2D eigenvalue weighted by atomic mass is 35.5. The van der Waals surface area contributed by atoms with Crippen LogP contribution in [0, 0.1) is 11.3 Å². The molecule has 2 fully saturated rings. The molecule has 0 aliphatic carbocycles. The van der Waals surface area contributed by atoms with Crippen molar-refractivity contribution in [3.05, 3.63) is 11.2 Å². The third-order valence-corrected chi connectivity index (χ3v) is 4.76. The van der Waals surface area contributed by atoms with Crippen molar-refractivity contribution in [3.63, 3.8) is 0 Å². The van der Waals surface area contributed by atoms with Gasteiger partial charge in [0.25, 0.3) is 0 Å². The number of amides is 1. The Hall–Kier alpha value is -1.11. The summed E-state index contributed by atoms with van der Waals surface area (Å²) in [6.45, 7) is 6.72. The maximum atomic E-state index is 12.8. The molecule has 0 saturated carbocycles. The van der Waals surface area contributed by atoms with Crippen LogP contribution in [0.1, 0.15) is 26.3 Å². The molecule has 3 rings (SSSR count). The number of aromatic nitrogens is 2. The molecule has 21 heavy (non-hydrogen) atoms. The van der Waals surface area contributed by atoms with Crippen LogP contribution in [0.4, 0.5) is 5.82 Å². The van der Waals surface area contributed by atoms with Gasteiger partial charge in [0.05, 0.1) is 12.0 Å². The van der Waals surface area contributed by atoms with Gasteiger partial charge in [-0.2, -0.15) is 5.10 Å². The second kappa shape index (κ2) is 5.59. The Morgan fingerprint density at radius 1 is 1.67 bits per heavy atom. The Morgan fingerprint density at radius 2 is 2.48 bits per heavy atom. The van der Waals surface area contributed by atoms with Gasteiger partial charge in [0, 0.05) is 25.4 Å². The summed E-state index contributed by atoms with van der Waals surface area (Å²) >= 11 is 6.17. The minimum absolute atomic E-state index is 0.0480. The van der Waals surface area contributed by atoms with Crippen molar-refractivity contribution < 1.29 is 9.53 Å². The van der Waals surface area contributed by atoms with Crippen LogP contribution in [0.3, 0.4) is 0 Å². The maximum absolute atomic E-state index is 12.8. The number of nitrogens with one attached hydrogen (secondary N) is 2. The lowest BCUT2D eigenvalue weighted by Gasteiger charge is -2.36. The average Bonchev–Trinajstić information content (AvgIpc) is 3.04. The lowest BCUT2D eigenvalue weighted by molar-refractivity contribution is -0.135. The first-order valence-electron chi connectivity index (χ1n) is 7.37. The van der Waals surface area contributed by atoms with Crippen LogP contribution < -0.4 is 10.6 Å². The van der Waals surface area contributed by atoms with Crippen molar-refractivity contribution in [3.8, 4) is 0 Å². The number of rotatable bonds is 3. The van der Waals surface area contributed by atoms with Gasteiger partial charge in [-0.25, -0.2) is 0 Å². The van der Waals surface area contributed by atoms with Crippen molar-refractivity contribution in [2.24, 2.45) is 11.3 Å². The second-order valence-electron chi connectivity index (χ2n) is 6.18. The molecule has 1 aromatic rings.